The quantitative estimate of drug-likeness (QED) is 0.0283. The Kier molecular flexibility index (Phi) is 14.5. The molecule has 23 heteroatoms. The smallest absolute Gasteiger partial charge is 0.391 e. The summed E-state index contributed by atoms with van der Waals surface area (Å²) in [6.45, 7) is 0.575. The number of carbonyl (C=O) groups is 4. The van der Waals surface area contributed by atoms with Crippen LogP contribution >= 0.6 is 23.2 Å². The number of nitriles is 2. The molecule has 0 saturated heterocycles. The van der Waals surface area contributed by atoms with Crippen molar-refractivity contribution in [3.8, 4) is 12.1 Å². The zero-order valence-corrected chi connectivity index (χ0v) is 39.2. The first-order valence-corrected chi connectivity index (χ1v) is 24.1. The molecule has 4 amide bonds. The van der Waals surface area contributed by atoms with E-state index in [0.717, 1.165) is 11.1 Å². The first-order chi connectivity index (χ1) is 33.3. The third kappa shape index (κ3) is 10.5. The van der Waals surface area contributed by atoms with E-state index in [4.69, 9.17) is 50.7 Å². The molecule has 6 aromatic rings. The Morgan fingerprint density at radius 3 is 1.41 bits per heavy atom. The van der Waals surface area contributed by atoms with Gasteiger partial charge in [0, 0.05) is 34.3 Å². The van der Waals surface area contributed by atoms with Crippen LogP contribution in [0.5, 0.6) is 0 Å². The Bertz CT molecular complexity index is 3450. The van der Waals surface area contributed by atoms with Gasteiger partial charge in [0.1, 0.15) is 0 Å². The van der Waals surface area contributed by atoms with Gasteiger partial charge in [-0.2, -0.15) is 10.5 Å². The fraction of sp³-hybridized carbons (Fsp3) is 0.0851. The van der Waals surface area contributed by atoms with Crippen LogP contribution in [0.1, 0.15) is 58.9 Å². The summed E-state index contributed by atoms with van der Waals surface area (Å²) in [5.41, 5.74) is 10.7. The standard InChI is InChI=1S/C24H18ClN5O5S.C23H18ClN5O4S/c25-17-4-8-21-16(12-17)9-10-30(21)36(33,34)18-5-2-15(3-6-18)23(31)29-20-7-1-14(13-26)11-19(20)22(27)35-24(28)32;24-17-4-8-21-16(12-17)9-10-29(21)34(32,33)18-5-2-15(3-6-18)22(30)27-20-7-1-14(13-25)11-19(20)23(31)28-26/h1-8,11-12,27H,9-10H2,(H2,28,32)(H,29,31);1-8,11-12H,9-10,26H2,(H,27,30)(H,28,31). The van der Waals surface area contributed by atoms with Gasteiger partial charge < -0.3 is 21.1 Å². The van der Waals surface area contributed by atoms with E-state index in [2.05, 4.69) is 15.4 Å². The van der Waals surface area contributed by atoms with Crippen molar-refractivity contribution in [3.63, 3.8) is 0 Å². The highest BCUT2D eigenvalue weighted by atomic mass is 35.5. The fourth-order valence-electron chi connectivity index (χ4n) is 7.43. The van der Waals surface area contributed by atoms with E-state index in [0.29, 0.717) is 40.8 Å². The molecule has 8 rings (SSSR count). The van der Waals surface area contributed by atoms with Crippen molar-refractivity contribution in [2.75, 3.05) is 32.3 Å². The van der Waals surface area contributed by atoms with Crippen LogP contribution in [0.3, 0.4) is 0 Å². The molecule has 2 aliphatic rings. The molecule has 0 aliphatic carbocycles. The molecule has 0 atom stereocenters. The average molecular weight is 1020 g/mol. The second-order valence-corrected chi connectivity index (χ2v) is 19.7. The number of primary amides is 1. The summed E-state index contributed by atoms with van der Waals surface area (Å²) in [6.07, 6.45) is -0.129. The second-order valence-electron chi connectivity index (χ2n) is 15.1. The summed E-state index contributed by atoms with van der Waals surface area (Å²) >= 11 is 12.0. The molecule has 0 aromatic heterocycles. The van der Waals surface area contributed by atoms with Crippen molar-refractivity contribution in [1.82, 2.24) is 5.43 Å². The molecule has 0 fully saturated rings. The van der Waals surface area contributed by atoms with Crippen LogP contribution in [0.4, 0.5) is 27.5 Å². The number of sulfonamides is 2. The number of carbonyl (C=O) groups excluding carboxylic acids is 4. The maximum absolute atomic E-state index is 13.2. The Morgan fingerprint density at radius 1 is 0.600 bits per heavy atom. The van der Waals surface area contributed by atoms with Crippen LogP contribution in [0.15, 0.2) is 131 Å². The van der Waals surface area contributed by atoms with Gasteiger partial charge >= 0.3 is 6.09 Å². The topological polar surface area (TPSA) is 312 Å². The minimum absolute atomic E-state index is 0.0116. The van der Waals surface area contributed by atoms with Crippen LogP contribution in [-0.4, -0.2) is 59.6 Å². The van der Waals surface area contributed by atoms with E-state index in [1.807, 2.05) is 17.6 Å². The third-order valence-electron chi connectivity index (χ3n) is 10.8. The van der Waals surface area contributed by atoms with Gasteiger partial charge in [0.05, 0.1) is 66.9 Å². The zero-order valence-electron chi connectivity index (χ0n) is 36.1. The maximum atomic E-state index is 13.2. The molecule has 0 radical (unpaired) electrons. The van der Waals surface area contributed by atoms with Gasteiger partial charge in [-0.15, -0.1) is 0 Å². The third-order valence-corrected chi connectivity index (χ3v) is 14.9. The van der Waals surface area contributed by atoms with E-state index in [9.17, 15) is 36.0 Å². The van der Waals surface area contributed by atoms with Gasteiger partial charge in [-0.05, 0) is 145 Å². The predicted molar refractivity (Wildman–Crippen MR) is 260 cm³/mol. The Hall–Kier alpha value is -8.31. The molecule has 6 aromatic carbocycles. The highest BCUT2D eigenvalue weighted by Crippen LogP contribution is 2.36. The normalized spacial score (nSPS) is 12.5. The first-order valence-electron chi connectivity index (χ1n) is 20.4. The number of nitrogens with two attached hydrogens (primary N) is 2. The van der Waals surface area contributed by atoms with Crippen molar-refractivity contribution < 1.29 is 40.8 Å². The minimum atomic E-state index is -3.86. The lowest BCUT2D eigenvalue weighted by atomic mass is 10.1. The van der Waals surface area contributed by atoms with E-state index >= 15 is 0 Å². The first kappa shape index (κ1) is 49.6. The SMILES string of the molecule is N#Cc1ccc(NC(=O)c2ccc(S(=O)(=O)N3CCc4cc(Cl)ccc43)cc2)c(C(=N)OC(N)=O)c1.N#Cc1ccc(NC(=O)c2ccc(S(=O)(=O)N3CCc4cc(Cl)ccc43)cc2)c(C(=O)NN)c1. The lowest BCUT2D eigenvalue weighted by Gasteiger charge is -2.20. The number of hydrogen-bond donors (Lipinski definition) is 6. The van der Waals surface area contributed by atoms with Crippen LogP contribution in [0.25, 0.3) is 0 Å². The van der Waals surface area contributed by atoms with E-state index in [1.165, 1.54) is 93.5 Å². The lowest BCUT2D eigenvalue weighted by molar-refractivity contribution is 0.0953. The molecule has 2 heterocycles. The summed E-state index contributed by atoms with van der Waals surface area (Å²) in [7, 11) is -7.70. The largest absolute Gasteiger partial charge is 0.411 e. The molecule has 354 valence electrons. The van der Waals surface area contributed by atoms with Crippen LogP contribution in [0.2, 0.25) is 10.0 Å². The van der Waals surface area contributed by atoms with Crippen LogP contribution in [-0.2, 0) is 37.6 Å². The van der Waals surface area contributed by atoms with Gasteiger partial charge in [0.2, 0.25) is 5.90 Å². The molecule has 19 nitrogen and oxygen atoms in total. The molecule has 2 aliphatic heterocycles. The number of amides is 4. The van der Waals surface area contributed by atoms with E-state index < -0.39 is 49.8 Å². The minimum Gasteiger partial charge on any atom is -0.391 e. The molecule has 0 bridgehead atoms. The molecule has 8 N–H and O–H groups in total. The summed E-state index contributed by atoms with van der Waals surface area (Å²) in [5.74, 6) is 2.68. The Morgan fingerprint density at radius 2 is 1.01 bits per heavy atom. The number of nitrogens with zero attached hydrogens (tertiary/aromatic N) is 4. The highest BCUT2D eigenvalue weighted by Gasteiger charge is 2.33. The number of ether oxygens (including phenoxy) is 1. The van der Waals surface area contributed by atoms with Crippen molar-refractivity contribution in [1.29, 1.82) is 15.9 Å². The van der Waals surface area contributed by atoms with Gasteiger partial charge in [-0.1, -0.05) is 23.2 Å². The maximum Gasteiger partial charge on any atom is 0.411 e. The molecule has 0 saturated carbocycles. The lowest BCUT2D eigenvalue weighted by Crippen LogP contribution is -2.31. The molecular weight excluding hydrogens is 984 g/mol. The van der Waals surface area contributed by atoms with Crippen LogP contribution < -0.4 is 36.2 Å². The Labute approximate surface area is 410 Å². The number of benzene rings is 6. The number of hydrazine groups is 1. The van der Waals surface area contributed by atoms with Crippen molar-refractivity contribution in [2.45, 2.75) is 22.6 Å². The predicted octanol–water partition coefficient (Wildman–Crippen LogP) is 6.45. The summed E-state index contributed by atoms with van der Waals surface area (Å²) in [5, 5.41) is 32.3. The van der Waals surface area contributed by atoms with Gasteiger partial charge in [-0.3, -0.25) is 33.8 Å². The number of nitrogens with one attached hydrogen (secondary N) is 4. The number of hydrogen-bond acceptors (Lipinski definition) is 13. The second kappa shape index (κ2) is 20.5. The zero-order chi connectivity index (χ0) is 50.5. The number of halogens is 2. The number of nitrogen functional groups attached to an aromatic ring is 1. The summed E-state index contributed by atoms with van der Waals surface area (Å²) in [6, 6.07) is 33.0. The van der Waals surface area contributed by atoms with E-state index in [-0.39, 0.29) is 61.1 Å². The van der Waals surface area contributed by atoms with E-state index in [1.54, 1.807) is 36.4 Å². The summed E-state index contributed by atoms with van der Waals surface area (Å²) < 4.78 is 60.0. The van der Waals surface area contributed by atoms with Gasteiger partial charge in [0.25, 0.3) is 37.8 Å². The molecule has 0 spiro atoms. The van der Waals surface area contributed by atoms with Crippen molar-refractivity contribution in [3.05, 3.63) is 176 Å². The monoisotopic (exact) mass is 1020 g/mol. The summed E-state index contributed by atoms with van der Waals surface area (Å²) in [4.78, 5) is 48.7. The van der Waals surface area contributed by atoms with Crippen molar-refractivity contribution >= 4 is 95.7 Å². The molecule has 70 heavy (non-hydrogen) atoms. The van der Waals surface area contributed by atoms with Crippen molar-refractivity contribution in [2.24, 2.45) is 11.6 Å². The molecular formula is C47H36Cl2N10O9S2. The molecule has 0 unspecified atom stereocenters. The average Bonchev–Trinajstić information content (AvgIpc) is 3.99. The number of rotatable bonds is 10. The number of fused-ring (bicyclic) bond motifs is 2. The fourth-order valence-corrected chi connectivity index (χ4v) is 10.8. The Balaban J connectivity index is 0.000000207. The van der Waals surface area contributed by atoms with Gasteiger partial charge in [0.15, 0.2) is 0 Å². The van der Waals surface area contributed by atoms with Gasteiger partial charge in [-0.25, -0.2) is 27.5 Å². The number of anilines is 4. The highest BCUT2D eigenvalue weighted by molar-refractivity contribution is 7.93. The van der Waals surface area contributed by atoms with Crippen LogP contribution in [0, 0.1) is 28.1 Å².